The molecule has 0 atom stereocenters. The summed E-state index contributed by atoms with van der Waals surface area (Å²) < 4.78 is 87.7. The van der Waals surface area contributed by atoms with E-state index in [0.29, 0.717) is 39.5 Å². The van der Waals surface area contributed by atoms with Crippen molar-refractivity contribution in [3.05, 3.63) is 167 Å². The standard InChI is InChI=1S/C53H51N3O/c1-33(2)25-40-31-44(21-22-45(40)38-13-10-9-11-14-38)56-49-16-12-15-46(50(49)55-52(56)47-27-35(4)26-36(5)51(47)57)41-28-42(30-43(29-41)53(6,7)8)48-32-39(23-24-54-48)37-19-17-34(3)18-20-37/h9-24,26-33,57H,25H2,1-8H3/i3D3,17D,18D,19D,20D,23D,24D,32D. The maximum Gasteiger partial charge on any atom is 0.149 e. The highest BCUT2D eigenvalue weighted by Crippen LogP contribution is 2.42. The van der Waals surface area contributed by atoms with E-state index < -0.39 is 65.8 Å². The minimum Gasteiger partial charge on any atom is -0.507 e. The van der Waals surface area contributed by atoms with Crippen LogP contribution in [0.4, 0.5) is 0 Å². The molecule has 1 N–H and O–H groups in total. The first-order valence-electron chi connectivity index (χ1n) is 24.2. The van der Waals surface area contributed by atoms with E-state index >= 15 is 0 Å². The number of rotatable bonds is 8. The second-order valence-corrected chi connectivity index (χ2v) is 16.2. The van der Waals surface area contributed by atoms with Gasteiger partial charge in [0.2, 0.25) is 0 Å². The summed E-state index contributed by atoms with van der Waals surface area (Å²) in [5, 5.41) is 11.7. The molecule has 4 nitrogen and oxygen atoms in total. The highest BCUT2D eigenvalue weighted by Gasteiger charge is 2.24. The van der Waals surface area contributed by atoms with Crippen molar-refractivity contribution in [1.29, 1.82) is 0 Å². The summed E-state index contributed by atoms with van der Waals surface area (Å²) >= 11 is 0. The number of phenolic OH excluding ortho intramolecular Hbond substituents is 1. The Morgan fingerprint density at radius 1 is 0.719 bits per heavy atom. The van der Waals surface area contributed by atoms with E-state index in [1.807, 2.05) is 101 Å². The van der Waals surface area contributed by atoms with Gasteiger partial charge in [-0.1, -0.05) is 125 Å². The Morgan fingerprint density at radius 3 is 2.23 bits per heavy atom. The summed E-state index contributed by atoms with van der Waals surface area (Å²) in [6.07, 6.45) is 0.264. The monoisotopic (exact) mass is 755 g/mol. The Balaban J connectivity index is 1.41. The average Bonchev–Trinajstić information content (AvgIpc) is 3.65. The Morgan fingerprint density at radius 2 is 1.49 bits per heavy atom. The van der Waals surface area contributed by atoms with Gasteiger partial charge >= 0.3 is 0 Å². The summed E-state index contributed by atoms with van der Waals surface area (Å²) in [6, 6.07) is 28.2. The first-order chi connectivity index (χ1) is 31.5. The van der Waals surface area contributed by atoms with Gasteiger partial charge in [0.05, 0.1) is 31.9 Å². The molecule has 57 heavy (non-hydrogen) atoms. The van der Waals surface area contributed by atoms with Gasteiger partial charge in [0.1, 0.15) is 11.6 Å². The van der Waals surface area contributed by atoms with E-state index in [-0.39, 0.29) is 17.0 Å². The molecule has 284 valence electrons. The molecule has 0 aliphatic rings. The van der Waals surface area contributed by atoms with Crippen molar-refractivity contribution >= 4 is 11.0 Å². The normalized spacial score (nSPS) is 14.5. The van der Waals surface area contributed by atoms with Gasteiger partial charge in [-0.3, -0.25) is 9.55 Å². The Kier molecular flexibility index (Phi) is 7.20. The number of phenols is 1. The molecule has 0 saturated heterocycles. The van der Waals surface area contributed by atoms with Crippen molar-refractivity contribution in [3.8, 4) is 67.5 Å². The minimum atomic E-state index is -2.96. The van der Waals surface area contributed by atoms with Crippen LogP contribution < -0.4 is 0 Å². The van der Waals surface area contributed by atoms with Crippen molar-refractivity contribution in [2.75, 3.05) is 0 Å². The van der Waals surface area contributed by atoms with Crippen LogP contribution >= 0.6 is 0 Å². The molecule has 0 radical (unpaired) electrons. The topological polar surface area (TPSA) is 50.9 Å². The van der Waals surface area contributed by atoms with Crippen molar-refractivity contribution in [1.82, 2.24) is 14.5 Å². The lowest BCUT2D eigenvalue weighted by atomic mass is 9.83. The van der Waals surface area contributed by atoms with Gasteiger partial charge in [-0.2, -0.15) is 0 Å². The zero-order valence-electron chi connectivity index (χ0n) is 43.3. The largest absolute Gasteiger partial charge is 0.507 e. The third kappa shape index (κ3) is 7.52. The van der Waals surface area contributed by atoms with Crippen molar-refractivity contribution in [2.45, 2.75) is 67.2 Å². The van der Waals surface area contributed by atoms with Gasteiger partial charge in [0.25, 0.3) is 0 Å². The number of benzene rings is 6. The highest BCUT2D eigenvalue weighted by molar-refractivity contribution is 5.97. The molecule has 0 aliphatic carbocycles. The summed E-state index contributed by atoms with van der Waals surface area (Å²) in [7, 11) is 0. The summed E-state index contributed by atoms with van der Waals surface area (Å²) in [4.78, 5) is 9.81. The number of aromatic hydroxyl groups is 1. The van der Waals surface area contributed by atoms with E-state index in [0.717, 1.165) is 45.4 Å². The van der Waals surface area contributed by atoms with Crippen LogP contribution in [0.3, 0.4) is 0 Å². The molecule has 8 rings (SSSR count). The molecular formula is C53H51N3O. The van der Waals surface area contributed by atoms with Gasteiger partial charge in [-0.25, -0.2) is 4.98 Å². The molecule has 0 fully saturated rings. The highest BCUT2D eigenvalue weighted by atomic mass is 16.3. The lowest BCUT2D eigenvalue weighted by molar-refractivity contribution is 0.472. The predicted octanol–water partition coefficient (Wildman–Crippen LogP) is 13.9. The molecular weight excluding hydrogens is 695 g/mol. The van der Waals surface area contributed by atoms with Crippen molar-refractivity contribution in [2.24, 2.45) is 5.92 Å². The fourth-order valence-electron chi connectivity index (χ4n) is 7.50. The number of para-hydroxylation sites is 1. The lowest BCUT2D eigenvalue weighted by Gasteiger charge is -2.22. The molecule has 0 spiro atoms. The number of hydrogen-bond donors (Lipinski definition) is 1. The smallest absolute Gasteiger partial charge is 0.149 e. The van der Waals surface area contributed by atoms with Crippen molar-refractivity contribution < 1.29 is 18.8 Å². The number of imidazole rings is 1. The first kappa shape index (κ1) is 27.4. The average molecular weight is 756 g/mol. The van der Waals surface area contributed by atoms with E-state index in [1.165, 1.54) is 5.56 Å². The summed E-state index contributed by atoms with van der Waals surface area (Å²) in [5.74, 6) is 1.02. The third-order valence-corrected chi connectivity index (χ3v) is 10.3. The quantitative estimate of drug-likeness (QED) is 0.168. The van der Waals surface area contributed by atoms with Crippen LogP contribution in [0, 0.1) is 26.6 Å². The molecule has 0 saturated carbocycles. The lowest BCUT2D eigenvalue weighted by Crippen LogP contribution is -2.11. The Bertz CT molecular complexity index is 3250. The molecule has 2 aromatic heterocycles. The molecule has 6 aromatic carbocycles. The van der Waals surface area contributed by atoms with Gasteiger partial charge in [0, 0.05) is 27.1 Å². The fraction of sp³-hybridized carbons (Fsp3) is 0.208. The van der Waals surface area contributed by atoms with Gasteiger partial charge in [-0.15, -0.1) is 0 Å². The molecule has 0 bridgehead atoms. The maximum absolute atomic E-state index is 11.7. The third-order valence-electron chi connectivity index (χ3n) is 10.3. The number of hydrogen-bond acceptors (Lipinski definition) is 3. The molecule has 4 heteroatoms. The van der Waals surface area contributed by atoms with E-state index in [2.05, 4.69) is 53.7 Å². The molecule has 0 unspecified atom stereocenters. The number of pyridine rings is 1. The first-order valence-corrected chi connectivity index (χ1v) is 19.2. The van der Waals surface area contributed by atoms with Crippen LogP contribution in [-0.4, -0.2) is 19.6 Å². The minimum absolute atomic E-state index is 0.0325. The number of aromatic nitrogens is 3. The second kappa shape index (κ2) is 15.0. The summed E-state index contributed by atoms with van der Waals surface area (Å²) in [6.45, 7) is 11.4. The second-order valence-electron chi connectivity index (χ2n) is 16.2. The van der Waals surface area contributed by atoms with Gasteiger partial charge < -0.3 is 5.11 Å². The number of fused-ring (bicyclic) bond motifs is 1. The zero-order chi connectivity index (χ0) is 48.6. The number of nitrogens with zero attached hydrogens (tertiary/aromatic N) is 3. The molecule has 0 aliphatic heterocycles. The van der Waals surface area contributed by atoms with Crippen LogP contribution in [0.5, 0.6) is 5.75 Å². The molecule has 0 amide bonds. The van der Waals surface area contributed by atoms with Crippen LogP contribution in [-0.2, 0) is 11.8 Å². The molecule has 8 aromatic rings. The van der Waals surface area contributed by atoms with Crippen LogP contribution in [0.2, 0.25) is 0 Å². The summed E-state index contributed by atoms with van der Waals surface area (Å²) in [5.41, 5.74) is 8.52. The van der Waals surface area contributed by atoms with Crippen LogP contribution in [0.25, 0.3) is 72.7 Å². The van der Waals surface area contributed by atoms with E-state index in [1.54, 1.807) is 0 Å². The van der Waals surface area contributed by atoms with Gasteiger partial charge in [0.15, 0.2) is 0 Å². The van der Waals surface area contributed by atoms with Crippen LogP contribution in [0.1, 0.15) is 76.1 Å². The fourth-order valence-corrected chi connectivity index (χ4v) is 7.50. The number of aryl methyl sites for hydroxylation is 2. The zero-order valence-corrected chi connectivity index (χ0v) is 33.3. The SMILES string of the molecule is [2H]c1nc(-c2cc(-c3cccc4c3nc(-c3cc(C)cc(C)c3O)n4-c3ccc(-c4ccccc4)c(CC(C)C)c3)cc(C(C)(C)C)c2)c([2H])c(-c2c([2H])c([2H])c(C([2H])([2H])[2H])c([2H])c2[2H])c1[2H]. The Hall–Kier alpha value is -6.26. The van der Waals surface area contributed by atoms with Gasteiger partial charge in [-0.05, 0) is 137 Å². The Labute approximate surface area is 351 Å². The predicted molar refractivity (Wildman–Crippen MR) is 239 cm³/mol. The van der Waals surface area contributed by atoms with E-state index in [4.69, 9.17) is 17.3 Å². The van der Waals surface area contributed by atoms with E-state index in [9.17, 15) is 6.48 Å². The van der Waals surface area contributed by atoms with Crippen molar-refractivity contribution in [3.63, 3.8) is 0 Å². The maximum atomic E-state index is 11.7. The van der Waals surface area contributed by atoms with Crippen LogP contribution in [0.15, 0.2) is 139 Å². The molecule has 2 heterocycles.